The minimum atomic E-state index is -1.13. The predicted molar refractivity (Wildman–Crippen MR) is 51.4 cm³/mol. The molecule has 3 nitrogen and oxygen atoms in total. The zero-order valence-corrected chi connectivity index (χ0v) is 8.18. The van der Waals surface area contributed by atoms with Crippen molar-refractivity contribution in [2.75, 3.05) is 25.6 Å². The lowest BCUT2D eigenvalue weighted by Gasteiger charge is -2.07. The summed E-state index contributed by atoms with van der Waals surface area (Å²) in [5.74, 6) is -2.16. The highest BCUT2D eigenvalue weighted by Crippen LogP contribution is 2.19. The molecule has 0 unspecified atom stereocenters. The van der Waals surface area contributed by atoms with Gasteiger partial charge in [0, 0.05) is 13.7 Å². The highest BCUT2D eigenvalue weighted by atomic mass is 19.2. The lowest BCUT2D eigenvalue weighted by molar-refractivity contribution is 0.210. The summed E-state index contributed by atoms with van der Waals surface area (Å²) in [6, 6.07) is 4.12. The molecule has 0 radical (unpaired) electrons. The van der Waals surface area contributed by atoms with E-state index in [0.29, 0.717) is 13.2 Å². The summed E-state index contributed by atoms with van der Waals surface area (Å²) in [4.78, 5) is 0. The molecule has 0 aliphatic heterocycles. The number of halogens is 2. The van der Waals surface area contributed by atoms with E-state index < -0.39 is 11.6 Å². The molecule has 0 saturated carbocycles. The lowest BCUT2D eigenvalue weighted by atomic mass is 10.2. The minimum Gasteiger partial charge on any atom is -0.383 e. The Kier molecular flexibility index (Phi) is 4.01. The number of anilines is 1. The van der Waals surface area contributed by atoms with Gasteiger partial charge in [0.1, 0.15) is 6.07 Å². The quantitative estimate of drug-likeness (QED) is 0.775. The summed E-state index contributed by atoms with van der Waals surface area (Å²) in [6.45, 7) is 0.764. The zero-order valence-electron chi connectivity index (χ0n) is 8.18. The van der Waals surface area contributed by atoms with E-state index in [0.717, 1.165) is 0 Å². The second-order valence-corrected chi connectivity index (χ2v) is 2.82. The molecule has 1 N–H and O–H groups in total. The summed E-state index contributed by atoms with van der Waals surface area (Å²) < 4.78 is 31.1. The van der Waals surface area contributed by atoms with E-state index in [2.05, 4.69) is 5.32 Å². The number of nitriles is 1. The van der Waals surface area contributed by atoms with Gasteiger partial charge in [-0.05, 0) is 12.1 Å². The molecule has 0 amide bonds. The Morgan fingerprint density at radius 3 is 2.73 bits per heavy atom. The summed E-state index contributed by atoms with van der Waals surface area (Å²) in [6.07, 6.45) is 0. The highest BCUT2D eigenvalue weighted by molar-refractivity contribution is 5.49. The normalized spacial score (nSPS) is 9.73. The van der Waals surface area contributed by atoms with Crippen molar-refractivity contribution in [3.8, 4) is 6.07 Å². The monoisotopic (exact) mass is 212 g/mol. The maximum Gasteiger partial charge on any atom is 0.183 e. The second-order valence-electron chi connectivity index (χ2n) is 2.82. The van der Waals surface area contributed by atoms with Gasteiger partial charge in [0.2, 0.25) is 0 Å². The average molecular weight is 212 g/mol. The van der Waals surface area contributed by atoms with Crippen LogP contribution in [-0.4, -0.2) is 20.3 Å². The smallest absolute Gasteiger partial charge is 0.183 e. The molecular weight excluding hydrogens is 202 g/mol. The van der Waals surface area contributed by atoms with Crippen LogP contribution in [0.15, 0.2) is 12.1 Å². The fraction of sp³-hybridized carbons (Fsp3) is 0.300. The van der Waals surface area contributed by atoms with Crippen LogP contribution in [0.3, 0.4) is 0 Å². The number of benzene rings is 1. The fourth-order valence-electron chi connectivity index (χ4n) is 1.06. The molecule has 0 fully saturated rings. The van der Waals surface area contributed by atoms with Gasteiger partial charge in [-0.2, -0.15) is 5.26 Å². The first-order valence-electron chi connectivity index (χ1n) is 4.31. The summed E-state index contributed by atoms with van der Waals surface area (Å²) in [7, 11) is 1.51. The third-order valence-corrected chi connectivity index (χ3v) is 1.82. The van der Waals surface area contributed by atoms with Crippen LogP contribution in [0.1, 0.15) is 5.56 Å². The molecule has 0 aromatic heterocycles. The van der Waals surface area contributed by atoms with Crippen molar-refractivity contribution < 1.29 is 13.5 Å². The highest BCUT2D eigenvalue weighted by Gasteiger charge is 2.12. The number of methoxy groups -OCH3 is 1. The minimum absolute atomic E-state index is 0.0311. The van der Waals surface area contributed by atoms with Gasteiger partial charge >= 0.3 is 0 Å². The van der Waals surface area contributed by atoms with Crippen LogP contribution in [0.5, 0.6) is 0 Å². The second kappa shape index (κ2) is 5.27. The van der Waals surface area contributed by atoms with E-state index in [4.69, 9.17) is 10.00 Å². The summed E-state index contributed by atoms with van der Waals surface area (Å²) in [5, 5.41) is 11.1. The molecule has 1 rings (SSSR count). The molecule has 15 heavy (non-hydrogen) atoms. The lowest BCUT2D eigenvalue weighted by Crippen LogP contribution is -2.09. The van der Waals surface area contributed by atoms with Gasteiger partial charge in [-0.3, -0.25) is 0 Å². The van der Waals surface area contributed by atoms with E-state index in [1.54, 1.807) is 6.07 Å². The molecule has 0 heterocycles. The first-order chi connectivity index (χ1) is 7.20. The van der Waals surface area contributed by atoms with Crippen molar-refractivity contribution in [1.82, 2.24) is 0 Å². The van der Waals surface area contributed by atoms with E-state index >= 15 is 0 Å². The van der Waals surface area contributed by atoms with Crippen LogP contribution in [-0.2, 0) is 4.74 Å². The van der Waals surface area contributed by atoms with Crippen molar-refractivity contribution in [3.63, 3.8) is 0 Å². The average Bonchev–Trinajstić information content (AvgIpc) is 2.25. The Morgan fingerprint density at radius 1 is 1.40 bits per heavy atom. The van der Waals surface area contributed by atoms with Gasteiger partial charge in [-0.1, -0.05) is 0 Å². The van der Waals surface area contributed by atoms with Crippen LogP contribution < -0.4 is 5.32 Å². The van der Waals surface area contributed by atoms with Crippen molar-refractivity contribution in [1.29, 1.82) is 5.26 Å². The van der Waals surface area contributed by atoms with Crippen LogP contribution in [0, 0.1) is 23.0 Å². The van der Waals surface area contributed by atoms with Crippen molar-refractivity contribution in [2.45, 2.75) is 0 Å². The maximum atomic E-state index is 13.2. The Bertz CT molecular complexity index is 388. The van der Waals surface area contributed by atoms with Gasteiger partial charge in [0.05, 0.1) is 17.9 Å². The van der Waals surface area contributed by atoms with E-state index in [1.165, 1.54) is 19.2 Å². The number of rotatable bonds is 4. The molecule has 0 bridgehead atoms. The van der Waals surface area contributed by atoms with E-state index in [-0.39, 0.29) is 11.3 Å². The molecule has 0 saturated heterocycles. The van der Waals surface area contributed by atoms with Gasteiger partial charge in [-0.25, -0.2) is 8.78 Å². The molecule has 0 spiro atoms. The maximum absolute atomic E-state index is 13.2. The predicted octanol–water partition coefficient (Wildman–Crippen LogP) is 1.89. The number of hydrogen-bond donors (Lipinski definition) is 1. The third kappa shape index (κ3) is 2.64. The molecule has 1 aromatic rings. The molecular formula is C10H10F2N2O. The fourth-order valence-corrected chi connectivity index (χ4v) is 1.06. The Balaban J connectivity index is 2.83. The van der Waals surface area contributed by atoms with Crippen molar-refractivity contribution in [2.24, 2.45) is 0 Å². The van der Waals surface area contributed by atoms with Crippen LogP contribution in [0.2, 0.25) is 0 Å². The summed E-state index contributed by atoms with van der Waals surface area (Å²) >= 11 is 0. The zero-order chi connectivity index (χ0) is 11.3. The third-order valence-electron chi connectivity index (χ3n) is 1.82. The number of ether oxygens (including phenoxy) is 1. The largest absolute Gasteiger partial charge is 0.383 e. The molecule has 0 aliphatic carbocycles. The van der Waals surface area contributed by atoms with Crippen LogP contribution in [0.4, 0.5) is 14.5 Å². The first kappa shape index (κ1) is 11.4. The van der Waals surface area contributed by atoms with E-state index in [1.807, 2.05) is 0 Å². The molecule has 80 valence electrons. The van der Waals surface area contributed by atoms with Crippen molar-refractivity contribution in [3.05, 3.63) is 29.3 Å². The number of hydrogen-bond acceptors (Lipinski definition) is 3. The number of nitrogens with one attached hydrogen (secondary N) is 1. The Morgan fingerprint density at radius 2 is 2.13 bits per heavy atom. The molecule has 0 aliphatic rings. The Hall–Kier alpha value is -1.67. The van der Waals surface area contributed by atoms with Crippen LogP contribution >= 0.6 is 0 Å². The SMILES string of the molecule is COCCNc1ccc(C#N)c(F)c1F. The van der Waals surface area contributed by atoms with E-state index in [9.17, 15) is 8.78 Å². The van der Waals surface area contributed by atoms with Gasteiger partial charge in [0.25, 0.3) is 0 Å². The van der Waals surface area contributed by atoms with Crippen molar-refractivity contribution >= 4 is 5.69 Å². The van der Waals surface area contributed by atoms with Gasteiger partial charge in [0.15, 0.2) is 11.6 Å². The summed E-state index contributed by atoms with van der Waals surface area (Å²) in [5.41, 5.74) is -0.270. The topological polar surface area (TPSA) is 45.0 Å². The molecule has 1 aromatic carbocycles. The Labute approximate surface area is 86.3 Å². The molecule has 5 heteroatoms. The van der Waals surface area contributed by atoms with Gasteiger partial charge < -0.3 is 10.1 Å². The van der Waals surface area contributed by atoms with Crippen LogP contribution in [0.25, 0.3) is 0 Å². The standard InChI is InChI=1S/C10H10F2N2O/c1-15-5-4-14-8-3-2-7(6-13)9(11)10(8)12/h2-3,14H,4-5H2,1H3. The first-order valence-corrected chi connectivity index (χ1v) is 4.31. The molecule has 0 atom stereocenters. The number of nitrogens with zero attached hydrogens (tertiary/aromatic N) is 1. The van der Waals surface area contributed by atoms with Gasteiger partial charge in [-0.15, -0.1) is 0 Å².